The predicted molar refractivity (Wildman–Crippen MR) is 114 cm³/mol. The Morgan fingerprint density at radius 3 is 2.38 bits per heavy atom. The van der Waals surface area contributed by atoms with Gasteiger partial charge in [0.05, 0.1) is 15.5 Å². The molecule has 166 valence electrons. The Hall–Kier alpha value is -3.45. The number of amides is 1. The molecule has 0 bridgehead atoms. The number of hydrogen-bond donors (Lipinski definition) is 3. The number of alkyl halides is 3. The molecule has 0 unspecified atom stereocenters. The Labute approximate surface area is 191 Å². The summed E-state index contributed by atoms with van der Waals surface area (Å²) in [4.78, 5) is 30.4. The van der Waals surface area contributed by atoms with Crippen LogP contribution in [-0.4, -0.2) is 20.8 Å². The molecule has 9 nitrogen and oxygen atoms in total. The highest BCUT2D eigenvalue weighted by atomic mass is 79.9. The molecule has 0 spiro atoms. The summed E-state index contributed by atoms with van der Waals surface area (Å²) in [5.41, 5.74) is 2.89. The van der Waals surface area contributed by atoms with Crippen LogP contribution in [0, 0.1) is 10.1 Å². The first-order valence-corrected chi connectivity index (χ1v) is 9.68. The highest BCUT2D eigenvalue weighted by Gasteiger charge is 2.33. The number of nitro groups is 1. The van der Waals surface area contributed by atoms with Gasteiger partial charge < -0.3 is 5.32 Å². The number of aromatic nitrogens is 2. The van der Waals surface area contributed by atoms with E-state index in [1.165, 1.54) is 18.2 Å². The molecule has 0 fully saturated rings. The number of benzene rings is 2. The Morgan fingerprint density at radius 1 is 1.09 bits per heavy atom. The maximum atomic E-state index is 13.1. The second-order valence-electron chi connectivity index (χ2n) is 6.08. The highest BCUT2D eigenvalue weighted by molar-refractivity contribution is 9.10. The van der Waals surface area contributed by atoms with Gasteiger partial charge in [-0.15, -0.1) is 0 Å². The zero-order valence-electron chi connectivity index (χ0n) is 15.6. The lowest BCUT2D eigenvalue weighted by Crippen LogP contribution is -2.30. The standard InChI is InChI=1S/C18H11BrClF3N6O3/c19-10-3-1-9(2-4-10)17(30)28-27-16-14(29(31)32)15(24-8-25-16)26-11-5-6-13(20)12(7-11)18(21,22)23/h1-8H,(H,28,30)(H2,24,25,26,27). The van der Waals surface area contributed by atoms with Crippen LogP contribution >= 0.6 is 27.5 Å². The van der Waals surface area contributed by atoms with E-state index < -0.39 is 39.1 Å². The number of carbonyl (C=O) groups excluding carboxylic acids is 1. The Balaban J connectivity index is 1.86. The van der Waals surface area contributed by atoms with Gasteiger partial charge in [-0.1, -0.05) is 27.5 Å². The smallest absolute Gasteiger partial charge is 0.334 e. The summed E-state index contributed by atoms with van der Waals surface area (Å²) in [6, 6.07) is 9.18. The quantitative estimate of drug-likeness (QED) is 0.291. The average molecular weight is 532 g/mol. The summed E-state index contributed by atoms with van der Waals surface area (Å²) in [7, 11) is 0. The van der Waals surface area contributed by atoms with Crippen LogP contribution in [0.1, 0.15) is 15.9 Å². The molecule has 3 N–H and O–H groups in total. The van der Waals surface area contributed by atoms with Crippen molar-refractivity contribution in [2.24, 2.45) is 0 Å². The van der Waals surface area contributed by atoms with Crippen LogP contribution in [0.15, 0.2) is 53.3 Å². The summed E-state index contributed by atoms with van der Waals surface area (Å²) in [6.45, 7) is 0. The molecule has 1 heterocycles. The predicted octanol–water partition coefficient (Wildman–Crippen LogP) is 5.32. The van der Waals surface area contributed by atoms with E-state index in [0.717, 1.165) is 16.9 Å². The van der Waals surface area contributed by atoms with Crippen molar-refractivity contribution in [2.75, 3.05) is 10.7 Å². The third-order valence-electron chi connectivity index (χ3n) is 3.94. The topological polar surface area (TPSA) is 122 Å². The molecule has 0 aliphatic heterocycles. The summed E-state index contributed by atoms with van der Waals surface area (Å²) >= 11 is 8.82. The van der Waals surface area contributed by atoms with Crippen molar-refractivity contribution in [3.8, 4) is 0 Å². The SMILES string of the molecule is O=C(NNc1ncnc(Nc2ccc(Cl)c(C(F)(F)F)c2)c1[N+](=O)[O-])c1ccc(Br)cc1. The molecular formula is C18H11BrClF3N6O3. The van der Waals surface area contributed by atoms with Gasteiger partial charge in [0.1, 0.15) is 6.33 Å². The normalized spacial score (nSPS) is 11.0. The van der Waals surface area contributed by atoms with Crippen LogP contribution in [0.5, 0.6) is 0 Å². The summed E-state index contributed by atoms with van der Waals surface area (Å²) in [5.74, 6) is -1.39. The van der Waals surface area contributed by atoms with E-state index in [-0.39, 0.29) is 17.1 Å². The van der Waals surface area contributed by atoms with E-state index in [4.69, 9.17) is 11.6 Å². The molecule has 32 heavy (non-hydrogen) atoms. The van der Waals surface area contributed by atoms with E-state index in [9.17, 15) is 28.1 Å². The Kier molecular flexibility index (Phi) is 6.79. The fourth-order valence-corrected chi connectivity index (χ4v) is 2.97. The van der Waals surface area contributed by atoms with Crippen molar-refractivity contribution < 1.29 is 22.9 Å². The van der Waals surface area contributed by atoms with Gasteiger partial charge in [0.15, 0.2) is 0 Å². The van der Waals surface area contributed by atoms with Gasteiger partial charge in [0.25, 0.3) is 5.91 Å². The number of halogens is 5. The lowest BCUT2D eigenvalue weighted by Gasteiger charge is -2.13. The van der Waals surface area contributed by atoms with Crippen molar-refractivity contribution in [1.82, 2.24) is 15.4 Å². The summed E-state index contributed by atoms with van der Waals surface area (Å²) in [6.07, 6.45) is -3.79. The largest absolute Gasteiger partial charge is 0.417 e. The van der Waals surface area contributed by atoms with E-state index in [2.05, 4.69) is 42.1 Å². The van der Waals surface area contributed by atoms with Crippen LogP contribution in [0.4, 0.5) is 36.2 Å². The van der Waals surface area contributed by atoms with Crippen molar-refractivity contribution >= 4 is 56.4 Å². The maximum Gasteiger partial charge on any atom is 0.417 e. The first-order chi connectivity index (χ1) is 15.1. The zero-order chi connectivity index (χ0) is 23.5. The van der Waals surface area contributed by atoms with Gasteiger partial charge in [-0.25, -0.2) is 9.97 Å². The van der Waals surface area contributed by atoms with Crippen LogP contribution in [0.2, 0.25) is 5.02 Å². The molecule has 1 amide bonds. The molecule has 0 saturated carbocycles. The molecule has 14 heteroatoms. The van der Waals surface area contributed by atoms with Gasteiger partial charge in [0, 0.05) is 15.7 Å². The second-order valence-corrected chi connectivity index (χ2v) is 7.40. The van der Waals surface area contributed by atoms with E-state index in [0.29, 0.717) is 6.07 Å². The highest BCUT2D eigenvalue weighted by Crippen LogP contribution is 2.37. The van der Waals surface area contributed by atoms with Gasteiger partial charge >= 0.3 is 11.9 Å². The number of hydrazine groups is 1. The molecule has 0 aliphatic rings. The van der Waals surface area contributed by atoms with Crippen LogP contribution in [0.3, 0.4) is 0 Å². The molecule has 0 saturated heterocycles. The minimum atomic E-state index is -4.73. The lowest BCUT2D eigenvalue weighted by atomic mass is 10.2. The van der Waals surface area contributed by atoms with Crippen LogP contribution in [0.25, 0.3) is 0 Å². The number of carbonyl (C=O) groups is 1. The van der Waals surface area contributed by atoms with Crippen molar-refractivity contribution in [1.29, 1.82) is 0 Å². The van der Waals surface area contributed by atoms with E-state index in [1.807, 2.05) is 0 Å². The first-order valence-electron chi connectivity index (χ1n) is 8.51. The molecule has 0 radical (unpaired) electrons. The van der Waals surface area contributed by atoms with Crippen molar-refractivity contribution in [3.63, 3.8) is 0 Å². The third kappa shape index (κ3) is 5.42. The number of nitrogens with one attached hydrogen (secondary N) is 3. The minimum absolute atomic E-state index is 0.145. The van der Waals surface area contributed by atoms with Gasteiger partial charge in [0.2, 0.25) is 11.6 Å². The Morgan fingerprint density at radius 2 is 1.75 bits per heavy atom. The Bertz CT molecular complexity index is 1180. The van der Waals surface area contributed by atoms with Crippen LogP contribution < -0.4 is 16.2 Å². The molecule has 3 rings (SSSR count). The van der Waals surface area contributed by atoms with E-state index in [1.54, 1.807) is 12.1 Å². The monoisotopic (exact) mass is 530 g/mol. The van der Waals surface area contributed by atoms with Gasteiger partial charge in [-0.05, 0) is 42.5 Å². The lowest BCUT2D eigenvalue weighted by molar-refractivity contribution is -0.383. The molecule has 0 aliphatic carbocycles. The average Bonchev–Trinajstić information content (AvgIpc) is 2.73. The number of anilines is 3. The fourth-order valence-electron chi connectivity index (χ4n) is 2.48. The second kappa shape index (κ2) is 9.36. The number of rotatable bonds is 6. The molecule has 1 aromatic heterocycles. The molecule has 2 aromatic carbocycles. The minimum Gasteiger partial charge on any atom is -0.334 e. The molecule has 3 aromatic rings. The third-order valence-corrected chi connectivity index (χ3v) is 4.80. The van der Waals surface area contributed by atoms with Crippen molar-refractivity contribution in [3.05, 3.63) is 79.5 Å². The zero-order valence-corrected chi connectivity index (χ0v) is 17.9. The first kappa shape index (κ1) is 23.2. The van der Waals surface area contributed by atoms with Gasteiger partial charge in [-0.3, -0.25) is 25.8 Å². The van der Waals surface area contributed by atoms with Gasteiger partial charge in [-0.2, -0.15) is 13.2 Å². The fraction of sp³-hybridized carbons (Fsp3) is 0.0556. The summed E-state index contributed by atoms with van der Waals surface area (Å²) in [5, 5.41) is 13.5. The molecular weight excluding hydrogens is 521 g/mol. The molecule has 0 atom stereocenters. The number of hydrogen-bond acceptors (Lipinski definition) is 7. The maximum absolute atomic E-state index is 13.1. The van der Waals surface area contributed by atoms with Crippen molar-refractivity contribution in [2.45, 2.75) is 6.18 Å². The van der Waals surface area contributed by atoms with E-state index >= 15 is 0 Å². The number of nitrogens with zero attached hydrogens (tertiary/aromatic N) is 3. The van der Waals surface area contributed by atoms with Crippen LogP contribution in [-0.2, 0) is 6.18 Å². The summed E-state index contributed by atoms with van der Waals surface area (Å²) < 4.78 is 40.0.